The van der Waals surface area contributed by atoms with Gasteiger partial charge in [0.1, 0.15) is 5.00 Å². The topological polar surface area (TPSA) is 106 Å². The van der Waals surface area contributed by atoms with Crippen LogP contribution in [0.15, 0.2) is 24.5 Å². The summed E-state index contributed by atoms with van der Waals surface area (Å²) >= 11 is 1.32. The first kappa shape index (κ1) is 14.5. The highest BCUT2D eigenvalue weighted by Crippen LogP contribution is 2.36. The van der Waals surface area contributed by atoms with Crippen molar-refractivity contribution >= 4 is 34.0 Å². The number of carbonyl (C=O) groups is 2. The SMILES string of the molecule is NC(=O)c1c(NC(=O)Nc2ccncc2)sc2c1CCOC2. The summed E-state index contributed by atoms with van der Waals surface area (Å²) in [6.07, 6.45) is 3.77. The van der Waals surface area contributed by atoms with Crippen LogP contribution in [-0.2, 0) is 17.8 Å². The van der Waals surface area contributed by atoms with Gasteiger partial charge in [0, 0.05) is 23.0 Å². The summed E-state index contributed by atoms with van der Waals surface area (Å²) in [4.78, 5) is 28.6. The Labute approximate surface area is 130 Å². The fraction of sp³-hybridized carbons (Fsp3) is 0.214. The van der Waals surface area contributed by atoms with Crippen LogP contribution in [0.25, 0.3) is 0 Å². The van der Waals surface area contributed by atoms with E-state index >= 15 is 0 Å². The molecule has 0 saturated heterocycles. The Bertz CT molecular complexity index is 714. The molecule has 0 spiro atoms. The lowest BCUT2D eigenvalue weighted by Gasteiger charge is -2.12. The molecule has 1 aliphatic rings. The lowest BCUT2D eigenvalue weighted by molar-refractivity contribution is 0.0991. The van der Waals surface area contributed by atoms with E-state index in [1.807, 2.05) is 0 Å². The number of aromatic nitrogens is 1. The number of rotatable bonds is 3. The fourth-order valence-electron chi connectivity index (χ4n) is 2.28. The molecular formula is C14H14N4O3S. The van der Waals surface area contributed by atoms with E-state index in [0.717, 1.165) is 10.4 Å². The summed E-state index contributed by atoms with van der Waals surface area (Å²) in [7, 11) is 0. The Kier molecular flexibility index (Phi) is 4.03. The fourth-order valence-corrected chi connectivity index (χ4v) is 3.47. The van der Waals surface area contributed by atoms with E-state index < -0.39 is 11.9 Å². The van der Waals surface area contributed by atoms with Crippen LogP contribution in [0.3, 0.4) is 0 Å². The average molecular weight is 318 g/mol. The number of hydrogen-bond donors (Lipinski definition) is 3. The zero-order chi connectivity index (χ0) is 15.5. The number of nitrogens with zero attached hydrogens (tertiary/aromatic N) is 1. The number of amides is 3. The van der Waals surface area contributed by atoms with Crippen molar-refractivity contribution in [2.45, 2.75) is 13.0 Å². The molecule has 8 heteroatoms. The third-order valence-corrected chi connectivity index (χ3v) is 4.35. The molecule has 22 heavy (non-hydrogen) atoms. The molecule has 0 unspecified atom stereocenters. The largest absolute Gasteiger partial charge is 0.376 e. The highest BCUT2D eigenvalue weighted by Gasteiger charge is 2.25. The molecule has 3 rings (SSSR count). The number of nitrogens with one attached hydrogen (secondary N) is 2. The highest BCUT2D eigenvalue weighted by atomic mass is 32.1. The Balaban J connectivity index is 1.81. The molecule has 0 atom stereocenters. The predicted molar refractivity (Wildman–Crippen MR) is 83.1 cm³/mol. The van der Waals surface area contributed by atoms with E-state index in [0.29, 0.717) is 35.9 Å². The van der Waals surface area contributed by atoms with Gasteiger partial charge in [0.2, 0.25) is 0 Å². The Hall–Kier alpha value is -2.45. The van der Waals surface area contributed by atoms with Crippen molar-refractivity contribution in [3.05, 3.63) is 40.5 Å². The van der Waals surface area contributed by atoms with Crippen molar-refractivity contribution < 1.29 is 14.3 Å². The molecule has 3 amide bonds. The van der Waals surface area contributed by atoms with Crippen LogP contribution in [0.4, 0.5) is 15.5 Å². The molecule has 2 aromatic rings. The Morgan fingerprint density at radius 3 is 2.77 bits per heavy atom. The molecule has 4 N–H and O–H groups in total. The number of primary amides is 1. The van der Waals surface area contributed by atoms with Crippen LogP contribution in [0.5, 0.6) is 0 Å². The second kappa shape index (κ2) is 6.12. The summed E-state index contributed by atoms with van der Waals surface area (Å²) in [5.74, 6) is -0.543. The average Bonchev–Trinajstić information content (AvgIpc) is 2.85. The monoisotopic (exact) mass is 318 g/mol. The molecule has 114 valence electrons. The number of hydrogen-bond acceptors (Lipinski definition) is 5. The van der Waals surface area contributed by atoms with Crippen LogP contribution in [-0.4, -0.2) is 23.5 Å². The second-order valence-corrected chi connectivity index (χ2v) is 5.79. The van der Waals surface area contributed by atoms with E-state index in [1.54, 1.807) is 24.5 Å². The second-order valence-electron chi connectivity index (χ2n) is 4.69. The van der Waals surface area contributed by atoms with Crippen molar-refractivity contribution in [3.8, 4) is 0 Å². The minimum atomic E-state index is -0.543. The van der Waals surface area contributed by atoms with Gasteiger partial charge < -0.3 is 15.8 Å². The number of urea groups is 1. The Morgan fingerprint density at radius 1 is 1.27 bits per heavy atom. The van der Waals surface area contributed by atoms with Gasteiger partial charge >= 0.3 is 6.03 Å². The first-order valence-corrected chi connectivity index (χ1v) is 7.47. The predicted octanol–water partition coefficient (Wildman–Crippen LogP) is 1.96. The highest BCUT2D eigenvalue weighted by molar-refractivity contribution is 7.17. The molecule has 2 aromatic heterocycles. The van der Waals surface area contributed by atoms with Crippen LogP contribution in [0, 0.1) is 0 Å². The number of carbonyl (C=O) groups excluding carboxylic acids is 2. The maximum absolute atomic E-state index is 12.1. The van der Waals surface area contributed by atoms with Gasteiger partial charge in [-0.3, -0.25) is 15.1 Å². The number of thiophene rings is 1. The lowest BCUT2D eigenvalue weighted by atomic mass is 10.1. The van der Waals surface area contributed by atoms with E-state index in [9.17, 15) is 9.59 Å². The van der Waals surface area contributed by atoms with Gasteiger partial charge in [0.25, 0.3) is 5.91 Å². The minimum Gasteiger partial charge on any atom is -0.376 e. The third kappa shape index (κ3) is 2.92. The van der Waals surface area contributed by atoms with Gasteiger partial charge in [-0.15, -0.1) is 11.3 Å². The number of ether oxygens (including phenoxy) is 1. The first-order valence-electron chi connectivity index (χ1n) is 6.65. The van der Waals surface area contributed by atoms with Crippen LogP contribution in [0.1, 0.15) is 20.8 Å². The van der Waals surface area contributed by atoms with Gasteiger partial charge in [-0.25, -0.2) is 4.79 Å². The van der Waals surface area contributed by atoms with Crippen molar-refractivity contribution in [1.82, 2.24) is 4.98 Å². The van der Waals surface area contributed by atoms with Gasteiger partial charge in [-0.05, 0) is 24.1 Å². The molecule has 3 heterocycles. The molecule has 0 aliphatic carbocycles. The molecule has 0 saturated carbocycles. The molecule has 0 bridgehead atoms. The van der Waals surface area contributed by atoms with Gasteiger partial charge in [-0.2, -0.15) is 0 Å². The smallest absolute Gasteiger partial charge is 0.324 e. The van der Waals surface area contributed by atoms with Gasteiger partial charge in [0.15, 0.2) is 0 Å². The summed E-state index contributed by atoms with van der Waals surface area (Å²) in [6.45, 7) is 0.987. The van der Waals surface area contributed by atoms with Gasteiger partial charge in [-0.1, -0.05) is 0 Å². The molecule has 7 nitrogen and oxygen atoms in total. The Morgan fingerprint density at radius 2 is 2.05 bits per heavy atom. The van der Waals surface area contributed by atoms with Crippen LogP contribution in [0.2, 0.25) is 0 Å². The first-order chi connectivity index (χ1) is 10.6. The van der Waals surface area contributed by atoms with E-state index in [1.165, 1.54) is 11.3 Å². The van der Waals surface area contributed by atoms with E-state index in [2.05, 4.69) is 15.6 Å². The zero-order valence-electron chi connectivity index (χ0n) is 11.6. The minimum absolute atomic E-state index is 0.383. The number of fused-ring (bicyclic) bond motifs is 1. The van der Waals surface area contributed by atoms with E-state index in [4.69, 9.17) is 10.5 Å². The maximum atomic E-state index is 12.1. The number of nitrogens with two attached hydrogens (primary N) is 1. The quantitative estimate of drug-likeness (QED) is 0.804. The van der Waals surface area contributed by atoms with E-state index in [-0.39, 0.29) is 0 Å². The molecule has 0 fully saturated rings. The summed E-state index contributed by atoms with van der Waals surface area (Å²) in [5.41, 5.74) is 7.33. The zero-order valence-corrected chi connectivity index (χ0v) is 12.4. The lowest BCUT2D eigenvalue weighted by Crippen LogP contribution is -2.22. The standard InChI is InChI=1S/C14H14N4O3S/c15-12(19)11-9-3-6-21-7-10(9)22-13(11)18-14(20)17-8-1-4-16-5-2-8/h1-2,4-5H,3,6-7H2,(H2,15,19)(H2,16,17,18,20). The summed E-state index contributed by atoms with van der Waals surface area (Å²) in [5, 5.41) is 5.81. The van der Waals surface area contributed by atoms with Crippen molar-refractivity contribution in [2.24, 2.45) is 5.73 Å². The summed E-state index contributed by atoms with van der Waals surface area (Å²) in [6, 6.07) is 2.90. The van der Waals surface area contributed by atoms with Crippen molar-refractivity contribution in [1.29, 1.82) is 0 Å². The molecule has 0 radical (unpaired) electrons. The third-order valence-electron chi connectivity index (χ3n) is 3.23. The number of anilines is 2. The van der Waals surface area contributed by atoms with Crippen LogP contribution < -0.4 is 16.4 Å². The normalized spacial score (nSPS) is 13.3. The van der Waals surface area contributed by atoms with Crippen molar-refractivity contribution in [3.63, 3.8) is 0 Å². The van der Waals surface area contributed by atoms with Gasteiger partial charge in [0.05, 0.1) is 18.8 Å². The maximum Gasteiger partial charge on any atom is 0.324 e. The molecular weight excluding hydrogens is 304 g/mol. The number of pyridine rings is 1. The van der Waals surface area contributed by atoms with Crippen LogP contribution >= 0.6 is 11.3 Å². The molecule has 1 aliphatic heterocycles. The summed E-state index contributed by atoms with van der Waals surface area (Å²) < 4.78 is 5.37. The molecule has 0 aromatic carbocycles. The van der Waals surface area contributed by atoms with Crippen molar-refractivity contribution in [2.75, 3.05) is 17.2 Å².